The van der Waals surface area contributed by atoms with Crippen molar-refractivity contribution in [1.29, 1.82) is 0 Å². The van der Waals surface area contributed by atoms with Crippen LogP contribution < -0.4 is 16.0 Å². The van der Waals surface area contributed by atoms with Gasteiger partial charge in [0.1, 0.15) is 0 Å². The monoisotopic (exact) mass is 739 g/mol. The number of hydrogen-bond acceptors (Lipinski definition) is 7. The quantitative estimate of drug-likeness (QED) is 0.139. The molecule has 2 aliphatic carbocycles. The van der Waals surface area contributed by atoms with E-state index in [0.717, 1.165) is 66.6 Å². The highest BCUT2D eigenvalue weighted by Crippen LogP contribution is 2.47. The molecule has 0 atom stereocenters. The second-order valence-corrected chi connectivity index (χ2v) is 14.2. The minimum atomic E-state index is -0.303. The number of amides is 3. The van der Waals surface area contributed by atoms with E-state index in [0.29, 0.717) is 44.4 Å². The molecule has 0 bridgehead atoms. The predicted molar refractivity (Wildman–Crippen MR) is 222 cm³/mol. The summed E-state index contributed by atoms with van der Waals surface area (Å²) >= 11 is 0. The van der Waals surface area contributed by atoms with Crippen molar-refractivity contribution in [2.24, 2.45) is 0 Å². The summed E-state index contributed by atoms with van der Waals surface area (Å²) in [7, 11) is 0. The molecule has 0 aliphatic heterocycles. The van der Waals surface area contributed by atoms with E-state index >= 15 is 0 Å². The van der Waals surface area contributed by atoms with E-state index in [1.807, 2.05) is 36.4 Å². The highest BCUT2D eigenvalue weighted by molar-refractivity contribution is 6.16. The third-order valence-electron chi connectivity index (χ3n) is 10.8. The van der Waals surface area contributed by atoms with E-state index in [-0.39, 0.29) is 30.8 Å². The van der Waals surface area contributed by atoms with E-state index < -0.39 is 0 Å². The van der Waals surface area contributed by atoms with Gasteiger partial charge in [0.05, 0.1) is 44.8 Å². The fourth-order valence-electron chi connectivity index (χ4n) is 8.08. The Hall–Kier alpha value is -7.85. The van der Waals surface area contributed by atoms with Gasteiger partial charge in [0.15, 0.2) is 0 Å². The van der Waals surface area contributed by atoms with Crippen molar-refractivity contribution in [2.75, 3.05) is 18.4 Å². The Bertz CT molecular complexity index is 3220. The summed E-state index contributed by atoms with van der Waals surface area (Å²) in [6.45, 7) is 0.451. The van der Waals surface area contributed by atoms with Crippen LogP contribution in [0.1, 0.15) is 31.1 Å². The van der Waals surface area contributed by atoms with Gasteiger partial charge in [0.25, 0.3) is 17.7 Å². The van der Waals surface area contributed by atoms with Gasteiger partial charge in [0.2, 0.25) is 0 Å². The highest BCUT2D eigenvalue weighted by Gasteiger charge is 2.26. The van der Waals surface area contributed by atoms with Gasteiger partial charge in [-0.25, -0.2) is 19.9 Å². The topological polar surface area (TPSA) is 139 Å². The lowest BCUT2D eigenvalue weighted by Gasteiger charge is -2.10. The molecule has 0 saturated heterocycles. The number of aromatic nitrogens is 4. The summed E-state index contributed by atoms with van der Waals surface area (Å²) in [5, 5.41) is 13.2. The summed E-state index contributed by atoms with van der Waals surface area (Å²) < 4.78 is 0. The average Bonchev–Trinajstić information content (AvgIpc) is 3.73. The van der Waals surface area contributed by atoms with E-state index in [9.17, 15) is 14.4 Å². The van der Waals surface area contributed by atoms with Gasteiger partial charge in [-0.2, -0.15) is 0 Å². The largest absolute Gasteiger partial charge is 0.350 e. The standard InChI is InChI=1S/C47H29N7O3/c55-45(48-21-22-49-46(56)28-15-19-35-37(23-28)53-43-33-11-3-7-25-5-1-9-31(39(25)33)41(43)51-35)27-13-17-30(18-14-27)50-47(57)29-16-20-36-38(24-29)54-44-34-12-4-8-26-6-2-10-32(40(26)34)42(44)52-36/h1-20,23-24H,21-22H2,(H,48,55)(H,49,56)(H,50,57). The number of benzene rings is 7. The molecule has 57 heavy (non-hydrogen) atoms. The number of rotatable bonds is 7. The highest BCUT2D eigenvalue weighted by atomic mass is 16.2. The van der Waals surface area contributed by atoms with Gasteiger partial charge < -0.3 is 16.0 Å². The number of carbonyl (C=O) groups excluding carboxylic acids is 3. The fourth-order valence-corrected chi connectivity index (χ4v) is 8.08. The number of nitrogens with one attached hydrogen (secondary N) is 3. The van der Waals surface area contributed by atoms with Crippen LogP contribution in [0.4, 0.5) is 5.69 Å². The first kappa shape index (κ1) is 32.6. The van der Waals surface area contributed by atoms with E-state index in [1.54, 1.807) is 48.5 Å². The number of hydrogen-bond donors (Lipinski definition) is 3. The summed E-state index contributed by atoms with van der Waals surface area (Å²) in [5.74, 6) is -0.876. The first-order chi connectivity index (χ1) is 28.0. The van der Waals surface area contributed by atoms with Gasteiger partial charge in [-0.1, -0.05) is 72.8 Å². The normalized spacial score (nSPS) is 11.9. The summed E-state index contributed by atoms with van der Waals surface area (Å²) in [4.78, 5) is 59.0. The molecule has 2 heterocycles. The molecular formula is C47H29N7O3. The molecule has 0 fully saturated rings. The van der Waals surface area contributed by atoms with Crippen molar-refractivity contribution in [2.45, 2.75) is 0 Å². The Kier molecular flexibility index (Phi) is 7.20. The Balaban J connectivity index is 0.711. The van der Waals surface area contributed by atoms with Crippen LogP contribution in [-0.4, -0.2) is 50.7 Å². The van der Waals surface area contributed by atoms with Crippen molar-refractivity contribution >= 4 is 67.0 Å². The van der Waals surface area contributed by atoms with Crippen LogP contribution in [0.2, 0.25) is 0 Å². The van der Waals surface area contributed by atoms with Crippen molar-refractivity contribution in [3.8, 4) is 45.0 Å². The Morgan fingerprint density at radius 3 is 1.25 bits per heavy atom. The van der Waals surface area contributed by atoms with Crippen LogP contribution in [-0.2, 0) is 0 Å². The van der Waals surface area contributed by atoms with Gasteiger partial charge in [-0.3, -0.25) is 14.4 Å². The molecule has 0 spiro atoms. The van der Waals surface area contributed by atoms with Crippen LogP contribution in [0.15, 0.2) is 133 Å². The van der Waals surface area contributed by atoms with Crippen LogP contribution in [0.5, 0.6) is 0 Å². The molecule has 10 heteroatoms. The number of fused-ring (bicyclic) bond motifs is 8. The van der Waals surface area contributed by atoms with Crippen molar-refractivity contribution in [3.63, 3.8) is 0 Å². The van der Waals surface area contributed by atoms with E-state index in [4.69, 9.17) is 19.9 Å². The third kappa shape index (κ3) is 5.30. The van der Waals surface area contributed by atoms with Gasteiger partial charge >= 0.3 is 0 Å². The third-order valence-corrected chi connectivity index (χ3v) is 10.8. The number of anilines is 1. The van der Waals surface area contributed by atoms with E-state index in [2.05, 4.69) is 64.5 Å². The molecule has 270 valence electrons. The lowest BCUT2D eigenvalue weighted by atomic mass is 10.0. The fraction of sp³-hybridized carbons (Fsp3) is 0.0426. The van der Waals surface area contributed by atoms with Crippen LogP contribution in [0.3, 0.4) is 0 Å². The maximum Gasteiger partial charge on any atom is 0.255 e. The molecule has 7 aromatic carbocycles. The van der Waals surface area contributed by atoms with Gasteiger partial charge in [0, 0.05) is 68.5 Å². The molecule has 3 amide bonds. The molecule has 2 aliphatic rings. The predicted octanol–water partition coefficient (Wildman–Crippen LogP) is 8.59. The zero-order valence-corrected chi connectivity index (χ0v) is 30.1. The minimum Gasteiger partial charge on any atom is -0.350 e. The summed E-state index contributed by atoms with van der Waals surface area (Å²) in [6, 6.07) is 42.0. The van der Waals surface area contributed by atoms with E-state index in [1.165, 1.54) is 0 Å². The molecule has 0 saturated carbocycles. The summed E-state index contributed by atoms with van der Waals surface area (Å²) in [6.07, 6.45) is 0. The minimum absolute atomic E-state index is 0.224. The number of carbonyl (C=O) groups is 3. The lowest BCUT2D eigenvalue weighted by molar-refractivity contribution is 0.0928. The maximum absolute atomic E-state index is 13.3. The summed E-state index contributed by atoms with van der Waals surface area (Å²) in [5.41, 5.74) is 12.1. The van der Waals surface area contributed by atoms with Gasteiger partial charge in [-0.15, -0.1) is 0 Å². The smallest absolute Gasteiger partial charge is 0.255 e. The molecule has 0 unspecified atom stereocenters. The molecule has 0 radical (unpaired) electrons. The molecule has 9 aromatic rings. The average molecular weight is 740 g/mol. The van der Waals surface area contributed by atoms with Crippen LogP contribution >= 0.6 is 0 Å². The zero-order chi connectivity index (χ0) is 38.2. The van der Waals surface area contributed by atoms with Gasteiger partial charge in [-0.05, 0) is 71.4 Å². The molecular weight excluding hydrogens is 711 g/mol. The second-order valence-electron chi connectivity index (χ2n) is 14.2. The molecule has 10 nitrogen and oxygen atoms in total. The second kappa shape index (κ2) is 12.6. The molecule has 11 rings (SSSR count). The van der Waals surface area contributed by atoms with Crippen molar-refractivity contribution in [1.82, 2.24) is 30.6 Å². The van der Waals surface area contributed by atoms with Crippen LogP contribution in [0.25, 0.3) is 88.6 Å². The van der Waals surface area contributed by atoms with Crippen molar-refractivity contribution in [3.05, 3.63) is 150 Å². The maximum atomic E-state index is 13.3. The van der Waals surface area contributed by atoms with Crippen LogP contribution in [0, 0.1) is 0 Å². The molecule has 3 N–H and O–H groups in total. The lowest BCUT2D eigenvalue weighted by Crippen LogP contribution is -2.34. The first-order valence-corrected chi connectivity index (χ1v) is 18.6. The first-order valence-electron chi connectivity index (χ1n) is 18.6. The SMILES string of the molecule is O=C(NCCNC(=O)c1ccc2nc3c(nc2c1)-c1cccc2cccc-3c12)c1ccc(NC(=O)c2ccc3nc4c(nc3c2)-c2cccc3cccc-4c23)cc1. The Labute approximate surface area is 324 Å². The molecule has 2 aromatic heterocycles. The van der Waals surface area contributed by atoms with Crippen molar-refractivity contribution < 1.29 is 14.4 Å². The zero-order valence-electron chi connectivity index (χ0n) is 30.1. The Morgan fingerprint density at radius 1 is 0.404 bits per heavy atom. The number of nitrogens with zero attached hydrogens (tertiary/aromatic N) is 4. The Morgan fingerprint density at radius 2 is 0.789 bits per heavy atom.